The number of hydrogen-bond acceptors (Lipinski definition) is 4. The quantitative estimate of drug-likeness (QED) is 0.877. The van der Waals surface area contributed by atoms with Crippen LogP contribution in [0.4, 0.5) is 5.69 Å². The molecule has 25 heavy (non-hydrogen) atoms. The summed E-state index contributed by atoms with van der Waals surface area (Å²) in [5, 5.41) is 11.4. The number of anilines is 1. The molecule has 0 saturated carbocycles. The first-order chi connectivity index (χ1) is 12.0. The summed E-state index contributed by atoms with van der Waals surface area (Å²) in [5.74, 6) is -0.851. The highest BCUT2D eigenvalue weighted by Crippen LogP contribution is 2.37. The summed E-state index contributed by atoms with van der Waals surface area (Å²) in [4.78, 5) is 17.2. The molecule has 5 heteroatoms. The van der Waals surface area contributed by atoms with Gasteiger partial charge in [-0.3, -0.25) is 9.69 Å². The van der Waals surface area contributed by atoms with Crippen molar-refractivity contribution in [3.8, 4) is 0 Å². The number of likely N-dealkylation sites (tertiary alicyclic amines) is 1. The van der Waals surface area contributed by atoms with Crippen LogP contribution < -0.4 is 4.90 Å². The third-order valence-electron chi connectivity index (χ3n) is 5.12. The SMILES string of the molecule is Cc1ccsc1C(c1ccc(N(C)C)cc1)N1CCC(C(=O)O)CC1. The van der Waals surface area contributed by atoms with Crippen molar-refractivity contribution in [3.63, 3.8) is 0 Å². The number of rotatable bonds is 5. The molecule has 1 saturated heterocycles. The minimum atomic E-state index is -0.654. The van der Waals surface area contributed by atoms with E-state index in [1.807, 2.05) is 14.1 Å². The highest BCUT2D eigenvalue weighted by molar-refractivity contribution is 7.10. The van der Waals surface area contributed by atoms with Crippen LogP contribution in [0.5, 0.6) is 0 Å². The lowest BCUT2D eigenvalue weighted by Gasteiger charge is -2.37. The van der Waals surface area contributed by atoms with Crippen molar-refractivity contribution in [2.75, 3.05) is 32.1 Å². The van der Waals surface area contributed by atoms with Gasteiger partial charge >= 0.3 is 5.97 Å². The Kier molecular flexibility index (Phi) is 5.45. The zero-order valence-electron chi connectivity index (χ0n) is 15.1. The van der Waals surface area contributed by atoms with Gasteiger partial charge in [-0.05, 0) is 67.6 Å². The maximum Gasteiger partial charge on any atom is 0.306 e. The van der Waals surface area contributed by atoms with E-state index in [4.69, 9.17) is 0 Å². The van der Waals surface area contributed by atoms with E-state index in [1.54, 1.807) is 11.3 Å². The Morgan fingerprint density at radius 2 is 1.84 bits per heavy atom. The molecular weight excluding hydrogens is 332 g/mol. The second kappa shape index (κ2) is 7.58. The number of nitrogens with zero attached hydrogens (tertiary/aromatic N) is 2. The molecular formula is C20H26N2O2S. The van der Waals surface area contributed by atoms with Crippen LogP contribution in [0, 0.1) is 12.8 Å². The molecule has 1 aromatic heterocycles. The van der Waals surface area contributed by atoms with Gasteiger partial charge in [-0.2, -0.15) is 0 Å². The smallest absolute Gasteiger partial charge is 0.306 e. The maximum absolute atomic E-state index is 11.3. The number of benzene rings is 1. The first kappa shape index (κ1) is 18.0. The second-order valence-electron chi connectivity index (χ2n) is 7.00. The molecule has 1 aliphatic rings. The van der Waals surface area contributed by atoms with Crippen molar-refractivity contribution in [3.05, 3.63) is 51.7 Å². The van der Waals surface area contributed by atoms with Gasteiger partial charge in [0.05, 0.1) is 12.0 Å². The molecule has 3 rings (SSSR count). The molecule has 1 atom stereocenters. The van der Waals surface area contributed by atoms with Crippen LogP contribution in [0.2, 0.25) is 0 Å². The van der Waals surface area contributed by atoms with Crippen LogP contribution in [0.1, 0.15) is 34.9 Å². The van der Waals surface area contributed by atoms with E-state index in [0.29, 0.717) is 0 Å². The van der Waals surface area contributed by atoms with Crippen LogP contribution in [0.15, 0.2) is 35.7 Å². The Morgan fingerprint density at radius 3 is 2.32 bits per heavy atom. The topological polar surface area (TPSA) is 43.8 Å². The molecule has 4 nitrogen and oxygen atoms in total. The Labute approximate surface area is 153 Å². The first-order valence-corrected chi connectivity index (χ1v) is 9.63. The number of aryl methyl sites for hydroxylation is 1. The van der Waals surface area contributed by atoms with Crippen molar-refractivity contribution < 1.29 is 9.90 Å². The Bertz CT molecular complexity index is 716. The summed E-state index contributed by atoms with van der Waals surface area (Å²) in [5.41, 5.74) is 3.78. The Morgan fingerprint density at radius 1 is 1.20 bits per heavy atom. The second-order valence-corrected chi connectivity index (χ2v) is 7.95. The lowest BCUT2D eigenvalue weighted by molar-refractivity contribution is -0.143. The van der Waals surface area contributed by atoms with Gasteiger partial charge in [-0.1, -0.05) is 12.1 Å². The van der Waals surface area contributed by atoms with Crippen molar-refractivity contribution in [1.82, 2.24) is 4.90 Å². The van der Waals surface area contributed by atoms with E-state index in [1.165, 1.54) is 21.7 Å². The van der Waals surface area contributed by atoms with Gasteiger partial charge in [-0.25, -0.2) is 0 Å². The van der Waals surface area contributed by atoms with Crippen LogP contribution in [0.25, 0.3) is 0 Å². The summed E-state index contributed by atoms with van der Waals surface area (Å²) >= 11 is 1.80. The molecule has 1 aromatic carbocycles. The molecule has 2 heterocycles. The van der Waals surface area contributed by atoms with Gasteiger partial charge in [0, 0.05) is 24.7 Å². The van der Waals surface area contributed by atoms with Gasteiger partial charge in [0.15, 0.2) is 0 Å². The van der Waals surface area contributed by atoms with Gasteiger partial charge in [0.2, 0.25) is 0 Å². The molecule has 0 spiro atoms. The summed E-state index contributed by atoms with van der Waals surface area (Å²) < 4.78 is 0. The average Bonchev–Trinajstić information content (AvgIpc) is 3.02. The zero-order valence-corrected chi connectivity index (χ0v) is 15.9. The van der Waals surface area contributed by atoms with Crippen molar-refractivity contribution in [2.24, 2.45) is 5.92 Å². The third-order valence-corrected chi connectivity index (χ3v) is 6.19. The van der Waals surface area contributed by atoms with Crippen LogP contribution in [-0.2, 0) is 4.79 Å². The van der Waals surface area contributed by atoms with Crippen LogP contribution in [-0.4, -0.2) is 43.2 Å². The van der Waals surface area contributed by atoms with Crippen molar-refractivity contribution in [1.29, 1.82) is 0 Å². The summed E-state index contributed by atoms with van der Waals surface area (Å²) in [6.45, 7) is 3.82. The molecule has 0 aliphatic carbocycles. The van der Waals surface area contributed by atoms with E-state index in [9.17, 15) is 9.90 Å². The monoisotopic (exact) mass is 358 g/mol. The van der Waals surface area contributed by atoms with Crippen LogP contribution in [0.3, 0.4) is 0 Å². The average molecular weight is 359 g/mol. The first-order valence-electron chi connectivity index (χ1n) is 8.75. The fourth-order valence-electron chi connectivity index (χ4n) is 3.55. The zero-order chi connectivity index (χ0) is 18.0. The van der Waals surface area contributed by atoms with Gasteiger partial charge < -0.3 is 10.0 Å². The van der Waals surface area contributed by atoms with E-state index >= 15 is 0 Å². The number of piperidine rings is 1. The van der Waals surface area contributed by atoms with Gasteiger partial charge in [0.1, 0.15) is 0 Å². The molecule has 1 unspecified atom stereocenters. The molecule has 2 aromatic rings. The predicted octanol–water partition coefficient (Wildman–Crippen LogP) is 4.01. The molecule has 0 amide bonds. The predicted molar refractivity (Wildman–Crippen MR) is 104 cm³/mol. The number of carbonyl (C=O) groups is 1. The molecule has 134 valence electrons. The molecule has 0 bridgehead atoms. The van der Waals surface area contributed by atoms with Gasteiger partial charge in [0.25, 0.3) is 0 Å². The lowest BCUT2D eigenvalue weighted by Crippen LogP contribution is -2.39. The third kappa shape index (κ3) is 3.88. The van der Waals surface area contributed by atoms with Crippen LogP contribution >= 0.6 is 11.3 Å². The molecule has 1 N–H and O–H groups in total. The largest absolute Gasteiger partial charge is 0.481 e. The van der Waals surface area contributed by atoms with Gasteiger partial charge in [-0.15, -0.1) is 11.3 Å². The van der Waals surface area contributed by atoms with E-state index in [0.717, 1.165) is 25.9 Å². The summed E-state index contributed by atoms with van der Waals surface area (Å²) in [7, 11) is 4.10. The van der Waals surface area contributed by atoms with Crippen molar-refractivity contribution in [2.45, 2.75) is 25.8 Å². The highest BCUT2D eigenvalue weighted by Gasteiger charge is 2.31. The molecule has 0 radical (unpaired) electrons. The Balaban J connectivity index is 1.89. The number of carboxylic acid groups (broad SMARTS) is 1. The lowest BCUT2D eigenvalue weighted by atomic mass is 9.93. The fourth-order valence-corrected chi connectivity index (χ4v) is 4.64. The number of aliphatic carboxylic acids is 1. The number of hydrogen-bond donors (Lipinski definition) is 1. The van der Waals surface area contributed by atoms with E-state index < -0.39 is 5.97 Å². The highest BCUT2D eigenvalue weighted by atomic mass is 32.1. The minimum Gasteiger partial charge on any atom is -0.481 e. The summed E-state index contributed by atoms with van der Waals surface area (Å²) in [6.07, 6.45) is 1.46. The van der Waals surface area contributed by atoms with Crippen molar-refractivity contribution >= 4 is 23.0 Å². The molecule has 1 aliphatic heterocycles. The summed E-state index contributed by atoms with van der Waals surface area (Å²) in [6, 6.07) is 11.1. The number of carboxylic acids is 1. The minimum absolute atomic E-state index is 0.197. The van der Waals surface area contributed by atoms with E-state index in [-0.39, 0.29) is 12.0 Å². The Hall–Kier alpha value is -1.85. The number of thiophene rings is 1. The maximum atomic E-state index is 11.3. The molecule has 1 fully saturated rings. The fraction of sp³-hybridized carbons (Fsp3) is 0.450. The van der Waals surface area contributed by atoms with E-state index in [2.05, 4.69) is 52.4 Å². The normalized spacial score (nSPS) is 17.4. The standard InChI is InChI=1S/C20H26N2O2S/c1-14-10-13-25-19(14)18(15-4-6-17(7-5-15)21(2)3)22-11-8-16(9-12-22)20(23)24/h4-7,10,13,16,18H,8-9,11-12H2,1-3H3,(H,23,24).